The molecule has 0 saturated carbocycles. The van der Waals surface area contributed by atoms with Gasteiger partial charge in [-0.15, -0.1) is 0 Å². The van der Waals surface area contributed by atoms with Crippen LogP contribution in [-0.4, -0.2) is 21.9 Å². The van der Waals surface area contributed by atoms with Crippen molar-refractivity contribution in [2.75, 3.05) is 6.54 Å². The summed E-state index contributed by atoms with van der Waals surface area (Å²) in [6.07, 6.45) is 2.65. The molecule has 3 nitrogen and oxygen atoms in total. The Bertz CT molecular complexity index is 1130. The van der Waals surface area contributed by atoms with E-state index < -0.39 is 0 Å². The van der Waals surface area contributed by atoms with E-state index in [1.54, 1.807) is 0 Å². The summed E-state index contributed by atoms with van der Waals surface area (Å²) in [6.45, 7) is 3.75. The fraction of sp³-hybridized carbons (Fsp3) is 0.240. The van der Waals surface area contributed by atoms with E-state index >= 15 is 0 Å². The fourth-order valence-electron chi connectivity index (χ4n) is 4.47. The van der Waals surface area contributed by atoms with Crippen molar-refractivity contribution in [1.82, 2.24) is 9.47 Å². The van der Waals surface area contributed by atoms with Crippen molar-refractivity contribution >= 4 is 27.7 Å². The van der Waals surface area contributed by atoms with Gasteiger partial charge in [-0.3, -0.25) is 4.79 Å². The Morgan fingerprint density at radius 3 is 2.21 bits per heavy atom. The molecular formula is C25H24N2O. The van der Waals surface area contributed by atoms with Crippen LogP contribution < -0.4 is 0 Å². The van der Waals surface area contributed by atoms with E-state index in [9.17, 15) is 4.79 Å². The van der Waals surface area contributed by atoms with Crippen molar-refractivity contribution in [2.24, 2.45) is 0 Å². The third kappa shape index (κ3) is 2.62. The van der Waals surface area contributed by atoms with Gasteiger partial charge in [-0.1, -0.05) is 61.9 Å². The van der Waals surface area contributed by atoms with Gasteiger partial charge in [-0.25, -0.2) is 0 Å². The third-order valence-electron chi connectivity index (χ3n) is 5.89. The van der Waals surface area contributed by atoms with Crippen LogP contribution in [0.15, 0.2) is 66.7 Å². The molecule has 2 heterocycles. The number of para-hydroxylation sites is 2. The zero-order valence-electron chi connectivity index (χ0n) is 16.2. The minimum atomic E-state index is 0.245. The Hall–Kier alpha value is -3.07. The number of unbranched alkanes of at least 4 members (excludes halogenated alkanes) is 1. The number of rotatable bonds is 4. The van der Waals surface area contributed by atoms with E-state index in [-0.39, 0.29) is 5.91 Å². The van der Waals surface area contributed by atoms with Crippen LogP contribution in [0.2, 0.25) is 0 Å². The highest BCUT2D eigenvalue weighted by molar-refractivity contribution is 6.09. The molecule has 1 aliphatic rings. The molecular weight excluding hydrogens is 344 g/mol. The molecule has 28 heavy (non-hydrogen) atoms. The summed E-state index contributed by atoms with van der Waals surface area (Å²) >= 11 is 0. The Labute approximate surface area is 165 Å². The van der Waals surface area contributed by atoms with Gasteiger partial charge in [0.25, 0.3) is 0 Å². The van der Waals surface area contributed by atoms with Crippen molar-refractivity contribution < 1.29 is 4.79 Å². The summed E-state index contributed by atoms with van der Waals surface area (Å²) in [5.41, 5.74) is 5.97. The van der Waals surface area contributed by atoms with Crippen LogP contribution in [-0.2, 0) is 17.8 Å². The summed E-state index contributed by atoms with van der Waals surface area (Å²) in [7, 11) is 0. The van der Waals surface area contributed by atoms with E-state index in [0.29, 0.717) is 6.42 Å². The van der Waals surface area contributed by atoms with Gasteiger partial charge in [0.05, 0.1) is 23.1 Å². The Balaban J connectivity index is 1.71. The van der Waals surface area contributed by atoms with Crippen LogP contribution in [0.25, 0.3) is 27.5 Å². The molecule has 0 radical (unpaired) electrons. The van der Waals surface area contributed by atoms with E-state index in [4.69, 9.17) is 0 Å². The van der Waals surface area contributed by atoms with Gasteiger partial charge in [-0.05, 0) is 35.7 Å². The molecule has 5 rings (SSSR count). The molecule has 0 atom stereocenters. The smallest absolute Gasteiger partial charge is 0.227 e. The number of aromatic nitrogens is 1. The number of benzene rings is 3. The largest absolute Gasteiger partial charge is 0.338 e. The molecule has 0 unspecified atom stereocenters. The summed E-state index contributed by atoms with van der Waals surface area (Å²) < 4.78 is 2.33. The second-order valence-electron chi connectivity index (χ2n) is 7.63. The van der Waals surface area contributed by atoms with E-state index in [2.05, 4.69) is 78.2 Å². The van der Waals surface area contributed by atoms with Crippen LogP contribution in [0.3, 0.4) is 0 Å². The topological polar surface area (TPSA) is 25.2 Å². The zero-order chi connectivity index (χ0) is 19.1. The first-order valence-electron chi connectivity index (χ1n) is 10.1. The Morgan fingerprint density at radius 1 is 0.857 bits per heavy atom. The zero-order valence-corrected chi connectivity index (χ0v) is 16.2. The average molecular weight is 368 g/mol. The van der Waals surface area contributed by atoms with E-state index in [0.717, 1.165) is 31.6 Å². The molecule has 0 fully saturated rings. The molecule has 1 aliphatic heterocycles. The van der Waals surface area contributed by atoms with Crippen molar-refractivity contribution in [1.29, 1.82) is 0 Å². The number of amides is 1. The quantitative estimate of drug-likeness (QED) is 0.469. The van der Waals surface area contributed by atoms with Gasteiger partial charge in [-0.2, -0.15) is 0 Å². The fourth-order valence-corrected chi connectivity index (χ4v) is 4.47. The molecule has 140 valence electrons. The first-order valence-corrected chi connectivity index (χ1v) is 10.1. The number of carbonyl (C=O) groups excluding carboxylic acids is 1. The molecule has 0 aliphatic carbocycles. The molecule has 0 spiro atoms. The minimum Gasteiger partial charge on any atom is -0.338 e. The number of fused-ring (bicyclic) bond motifs is 4. The maximum absolute atomic E-state index is 12.8. The van der Waals surface area contributed by atoms with Crippen LogP contribution in [0.1, 0.15) is 30.9 Å². The van der Waals surface area contributed by atoms with Gasteiger partial charge in [0.15, 0.2) is 0 Å². The maximum atomic E-state index is 12.8. The van der Waals surface area contributed by atoms with Crippen LogP contribution in [0.5, 0.6) is 0 Å². The number of hydrogen-bond acceptors (Lipinski definition) is 1. The first kappa shape index (κ1) is 17.1. The lowest BCUT2D eigenvalue weighted by Gasteiger charge is -2.30. The number of nitrogens with zero attached hydrogens (tertiary/aromatic N) is 2. The van der Waals surface area contributed by atoms with Gasteiger partial charge < -0.3 is 9.47 Å². The Kier molecular flexibility index (Phi) is 4.16. The molecule has 3 aromatic carbocycles. The highest BCUT2D eigenvalue weighted by Crippen LogP contribution is 2.35. The summed E-state index contributed by atoms with van der Waals surface area (Å²) in [4.78, 5) is 14.8. The van der Waals surface area contributed by atoms with Crippen molar-refractivity contribution in [2.45, 2.75) is 32.7 Å². The lowest BCUT2D eigenvalue weighted by atomic mass is 9.96. The third-order valence-corrected chi connectivity index (χ3v) is 5.89. The molecule has 0 saturated heterocycles. The Morgan fingerprint density at radius 2 is 1.54 bits per heavy atom. The summed E-state index contributed by atoms with van der Waals surface area (Å²) in [5.74, 6) is 0.245. The minimum absolute atomic E-state index is 0.245. The first-order chi connectivity index (χ1) is 13.8. The monoisotopic (exact) mass is 368 g/mol. The van der Waals surface area contributed by atoms with E-state index in [1.807, 2.05) is 4.90 Å². The lowest BCUT2D eigenvalue weighted by Crippen LogP contribution is -2.37. The second-order valence-corrected chi connectivity index (χ2v) is 7.63. The molecule has 1 aromatic heterocycles. The number of carbonyl (C=O) groups is 1. The van der Waals surface area contributed by atoms with Gasteiger partial charge in [0.2, 0.25) is 5.91 Å². The van der Waals surface area contributed by atoms with Gasteiger partial charge in [0, 0.05) is 23.9 Å². The van der Waals surface area contributed by atoms with Crippen molar-refractivity contribution in [3.63, 3.8) is 0 Å². The second kappa shape index (κ2) is 6.83. The summed E-state index contributed by atoms with van der Waals surface area (Å²) in [5, 5.41) is 2.50. The molecule has 4 aromatic rings. The van der Waals surface area contributed by atoms with Crippen molar-refractivity contribution in [3.8, 4) is 5.69 Å². The van der Waals surface area contributed by atoms with Crippen LogP contribution >= 0.6 is 0 Å². The molecule has 3 heteroatoms. The average Bonchev–Trinajstić information content (AvgIpc) is 3.06. The van der Waals surface area contributed by atoms with Crippen LogP contribution in [0, 0.1) is 0 Å². The van der Waals surface area contributed by atoms with Gasteiger partial charge in [0.1, 0.15) is 0 Å². The van der Waals surface area contributed by atoms with E-state index in [1.165, 1.54) is 32.9 Å². The molecule has 0 N–H and O–H groups in total. The lowest BCUT2D eigenvalue weighted by molar-refractivity contribution is -0.132. The standard InChI is InChI=1S/C25H24N2O/c1-2-3-15-26-17-18-9-8-14-24(21(18)16-25(26)28)27-22-12-6-4-10-19(22)20-11-5-7-13-23(20)27/h4-14H,2-3,15-17H2,1H3. The van der Waals surface area contributed by atoms with Gasteiger partial charge >= 0.3 is 0 Å². The normalized spacial score (nSPS) is 14.0. The summed E-state index contributed by atoms with van der Waals surface area (Å²) in [6, 6.07) is 23.5. The highest BCUT2D eigenvalue weighted by Gasteiger charge is 2.26. The molecule has 0 bridgehead atoms. The number of hydrogen-bond donors (Lipinski definition) is 0. The molecule has 1 amide bonds. The predicted octanol–water partition coefficient (Wildman–Crippen LogP) is 5.47. The maximum Gasteiger partial charge on any atom is 0.227 e. The van der Waals surface area contributed by atoms with Crippen molar-refractivity contribution in [3.05, 3.63) is 77.9 Å². The predicted molar refractivity (Wildman–Crippen MR) is 115 cm³/mol. The highest BCUT2D eigenvalue weighted by atomic mass is 16.2. The SMILES string of the molecule is CCCCN1Cc2cccc(-n3c4ccccc4c4ccccc43)c2CC1=O. The van der Waals surface area contributed by atoms with Crippen LogP contribution in [0.4, 0.5) is 0 Å².